The molecular weight excluding hydrogens is 344 g/mol. The molecule has 1 spiro atoms. The number of hydrogen-bond donors (Lipinski definition) is 1. The third kappa shape index (κ3) is 1.61. The van der Waals surface area contributed by atoms with Crippen molar-refractivity contribution in [2.45, 2.75) is 55.5 Å². The summed E-state index contributed by atoms with van der Waals surface area (Å²) < 4.78 is 11.4. The first-order valence-corrected chi connectivity index (χ1v) is 9.88. The lowest BCUT2D eigenvalue weighted by atomic mass is 9.49. The number of aliphatic hydroxyl groups is 1. The SMILES string of the molecule is CC[C@@]12C[C@](O)(COC)C3=Nc4ccccc4[C@@]34CCN(C(=O)[C@@H]3O[C@@H]31)[C@@H]24. The summed E-state index contributed by atoms with van der Waals surface area (Å²) in [6.07, 6.45) is 1.73. The summed E-state index contributed by atoms with van der Waals surface area (Å²) in [6, 6.07) is 8.15. The van der Waals surface area contributed by atoms with Crippen LogP contribution in [0.4, 0.5) is 5.69 Å². The Morgan fingerprint density at radius 1 is 1.41 bits per heavy atom. The lowest BCUT2D eigenvalue weighted by molar-refractivity contribution is -0.143. The second-order valence-electron chi connectivity index (χ2n) is 8.84. The number of rotatable bonds is 3. The summed E-state index contributed by atoms with van der Waals surface area (Å²) >= 11 is 0. The van der Waals surface area contributed by atoms with Crippen LogP contribution in [0.15, 0.2) is 29.3 Å². The molecule has 6 nitrogen and oxygen atoms in total. The molecule has 1 amide bonds. The van der Waals surface area contributed by atoms with Crippen LogP contribution < -0.4 is 0 Å². The van der Waals surface area contributed by atoms with Crippen LogP contribution in [0.1, 0.15) is 31.7 Å². The van der Waals surface area contributed by atoms with Gasteiger partial charge in [0.15, 0.2) is 6.10 Å². The lowest BCUT2D eigenvalue weighted by Gasteiger charge is -2.58. The number of ether oxygens (including phenoxy) is 2. The summed E-state index contributed by atoms with van der Waals surface area (Å²) in [6.45, 7) is 3.06. The number of carbonyl (C=O) groups is 1. The van der Waals surface area contributed by atoms with Crippen LogP contribution in [-0.2, 0) is 19.7 Å². The van der Waals surface area contributed by atoms with E-state index in [0.717, 1.165) is 29.8 Å². The van der Waals surface area contributed by atoms with Crippen LogP contribution in [0.3, 0.4) is 0 Å². The van der Waals surface area contributed by atoms with Crippen LogP contribution in [0.2, 0.25) is 0 Å². The molecule has 4 aliphatic heterocycles. The number of para-hydroxylation sites is 1. The highest BCUT2D eigenvalue weighted by molar-refractivity contribution is 6.10. The van der Waals surface area contributed by atoms with E-state index >= 15 is 0 Å². The number of fused-ring (bicyclic) bond motifs is 3. The second-order valence-corrected chi connectivity index (χ2v) is 8.84. The number of epoxide rings is 1. The zero-order valence-corrected chi connectivity index (χ0v) is 15.6. The Hall–Kier alpha value is -1.76. The van der Waals surface area contributed by atoms with E-state index in [1.54, 1.807) is 7.11 Å². The summed E-state index contributed by atoms with van der Waals surface area (Å²) in [4.78, 5) is 20.0. The predicted molar refractivity (Wildman–Crippen MR) is 98.2 cm³/mol. The minimum atomic E-state index is -1.15. The van der Waals surface area contributed by atoms with Gasteiger partial charge in [-0.2, -0.15) is 0 Å². The van der Waals surface area contributed by atoms with Gasteiger partial charge in [-0.25, -0.2) is 0 Å². The van der Waals surface area contributed by atoms with Crippen molar-refractivity contribution in [3.05, 3.63) is 29.8 Å². The maximum atomic E-state index is 13.0. The molecule has 1 aromatic carbocycles. The van der Waals surface area contributed by atoms with Crippen molar-refractivity contribution < 1.29 is 19.4 Å². The van der Waals surface area contributed by atoms with Gasteiger partial charge in [0.2, 0.25) is 0 Å². The highest BCUT2D eigenvalue weighted by Crippen LogP contribution is 2.68. The fourth-order valence-corrected chi connectivity index (χ4v) is 6.97. The van der Waals surface area contributed by atoms with Gasteiger partial charge >= 0.3 is 0 Å². The molecule has 6 heteroatoms. The van der Waals surface area contributed by atoms with E-state index in [-0.39, 0.29) is 36.2 Å². The average molecular weight is 368 g/mol. The van der Waals surface area contributed by atoms with Gasteiger partial charge in [-0.3, -0.25) is 9.79 Å². The Balaban J connectivity index is 1.65. The first-order valence-electron chi connectivity index (χ1n) is 9.88. The molecule has 1 aliphatic carbocycles. The third-order valence-electron chi connectivity index (χ3n) is 7.80. The van der Waals surface area contributed by atoms with Crippen LogP contribution in [0, 0.1) is 5.41 Å². The zero-order valence-electron chi connectivity index (χ0n) is 15.6. The standard InChI is InChI=1S/C21H24N2O4/c1-3-19-10-20(25,11-26-2)17-21(12-6-4-5-7-13(12)22-17)8-9-23(18(19)21)16(24)14-15(19)27-14/h4-7,14-15,18,25H,3,8-11H2,1-2H3/t14-,15+,18+,19-,20+,21+/m1/s1. The van der Waals surface area contributed by atoms with Crippen molar-refractivity contribution in [1.82, 2.24) is 4.90 Å². The minimum Gasteiger partial charge on any atom is -0.381 e. The molecule has 0 unspecified atom stereocenters. The third-order valence-corrected chi connectivity index (χ3v) is 7.80. The minimum absolute atomic E-state index is 0.00854. The molecule has 4 heterocycles. The molecule has 5 aliphatic rings. The predicted octanol–water partition coefficient (Wildman–Crippen LogP) is 1.57. The zero-order chi connectivity index (χ0) is 18.6. The Bertz CT molecular complexity index is 900. The molecule has 6 atom stereocenters. The molecule has 3 saturated heterocycles. The van der Waals surface area contributed by atoms with E-state index in [0.29, 0.717) is 13.0 Å². The first-order chi connectivity index (χ1) is 13.0. The van der Waals surface area contributed by atoms with Gasteiger partial charge in [-0.1, -0.05) is 25.1 Å². The Morgan fingerprint density at radius 2 is 2.22 bits per heavy atom. The topological polar surface area (TPSA) is 74.7 Å². The van der Waals surface area contributed by atoms with E-state index in [4.69, 9.17) is 14.5 Å². The monoisotopic (exact) mass is 368 g/mol. The summed E-state index contributed by atoms with van der Waals surface area (Å²) in [5.41, 5.74) is 0.992. The van der Waals surface area contributed by atoms with Gasteiger partial charge in [0.05, 0.1) is 29.5 Å². The molecule has 1 saturated carbocycles. The number of amides is 1. The van der Waals surface area contributed by atoms with Gasteiger partial charge in [0.1, 0.15) is 11.7 Å². The number of carbonyl (C=O) groups excluding carboxylic acids is 1. The maximum absolute atomic E-state index is 13.0. The summed E-state index contributed by atoms with van der Waals surface area (Å²) in [5, 5.41) is 11.9. The van der Waals surface area contributed by atoms with Crippen LogP contribution in [0.5, 0.6) is 0 Å². The molecule has 6 rings (SSSR count). The first kappa shape index (κ1) is 16.2. The van der Waals surface area contributed by atoms with E-state index in [1.165, 1.54) is 0 Å². The Morgan fingerprint density at radius 3 is 3.00 bits per heavy atom. The van der Waals surface area contributed by atoms with Gasteiger partial charge in [0, 0.05) is 19.1 Å². The number of methoxy groups -OCH3 is 1. The highest BCUT2D eigenvalue weighted by Gasteiger charge is 2.79. The summed E-state index contributed by atoms with van der Waals surface area (Å²) in [7, 11) is 1.62. The van der Waals surface area contributed by atoms with E-state index in [1.807, 2.05) is 23.1 Å². The molecule has 1 N–H and O–H groups in total. The molecule has 0 aromatic heterocycles. The smallest absolute Gasteiger partial charge is 0.254 e. The molecule has 4 fully saturated rings. The van der Waals surface area contributed by atoms with E-state index in [9.17, 15) is 9.90 Å². The van der Waals surface area contributed by atoms with E-state index in [2.05, 4.69) is 13.0 Å². The normalized spacial score (nSPS) is 45.7. The maximum Gasteiger partial charge on any atom is 0.254 e. The van der Waals surface area contributed by atoms with Crippen molar-refractivity contribution >= 4 is 17.3 Å². The van der Waals surface area contributed by atoms with Gasteiger partial charge < -0.3 is 19.5 Å². The largest absolute Gasteiger partial charge is 0.381 e. The quantitative estimate of drug-likeness (QED) is 0.822. The Kier molecular flexibility index (Phi) is 2.88. The number of nitrogens with zero attached hydrogens (tertiary/aromatic N) is 2. The molecule has 0 radical (unpaired) electrons. The highest BCUT2D eigenvalue weighted by atomic mass is 16.6. The fourth-order valence-electron chi connectivity index (χ4n) is 6.97. The van der Waals surface area contributed by atoms with Crippen LogP contribution in [-0.4, -0.2) is 65.7 Å². The number of aliphatic imine (C=N–C) groups is 1. The molecule has 27 heavy (non-hydrogen) atoms. The lowest BCUT2D eigenvalue weighted by Crippen LogP contribution is -2.72. The molecular formula is C21H24N2O4. The number of piperidine rings is 1. The van der Waals surface area contributed by atoms with Crippen LogP contribution >= 0.6 is 0 Å². The van der Waals surface area contributed by atoms with Gasteiger partial charge in [-0.05, 0) is 30.9 Å². The fraction of sp³-hybridized carbons (Fsp3) is 0.619. The second kappa shape index (κ2) is 4.80. The van der Waals surface area contributed by atoms with Crippen molar-refractivity contribution in [3.63, 3.8) is 0 Å². The number of benzene rings is 1. The van der Waals surface area contributed by atoms with Crippen molar-refractivity contribution in [3.8, 4) is 0 Å². The number of hydrogen-bond acceptors (Lipinski definition) is 5. The van der Waals surface area contributed by atoms with Crippen molar-refractivity contribution in [2.24, 2.45) is 10.4 Å². The van der Waals surface area contributed by atoms with E-state index < -0.39 is 11.0 Å². The molecule has 142 valence electrons. The average Bonchev–Trinajstić information content (AvgIpc) is 3.28. The molecule has 1 aromatic rings. The van der Waals surface area contributed by atoms with Crippen molar-refractivity contribution in [2.75, 3.05) is 20.3 Å². The van der Waals surface area contributed by atoms with Crippen LogP contribution in [0.25, 0.3) is 0 Å². The van der Waals surface area contributed by atoms with Crippen molar-refractivity contribution in [1.29, 1.82) is 0 Å². The van der Waals surface area contributed by atoms with Gasteiger partial charge in [-0.15, -0.1) is 0 Å². The molecule has 0 bridgehead atoms. The van der Waals surface area contributed by atoms with Gasteiger partial charge in [0.25, 0.3) is 5.91 Å². The Labute approximate surface area is 158 Å². The summed E-state index contributed by atoms with van der Waals surface area (Å²) in [5.74, 6) is 0.117.